The summed E-state index contributed by atoms with van der Waals surface area (Å²) in [7, 11) is -2.21. The summed E-state index contributed by atoms with van der Waals surface area (Å²) >= 11 is 0. The molecule has 10 nitrogen and oxygen atoms in total. The molecule has 0 fully saturated rings. The van der Waals surface area contributed by atoms with E-state index in [0.717, 1.165) is 6.20 Å². The molecule has 1 amide bonds. The van der Waals surface area contributed by atoms with Crippen LogP contribution in [-0.2, 0) is 27.7 Å². The zero-order valence-electron chi connectivity index (χ0n) is 19.5. The minimum absolute atomic E-state index is 0.0167. The molecule has 192 valence electrons. The summed E-state index contributed by atoms with van der Waals surface area (Å²) in [6, 6.07) is 9.56. The zero-order chi connectivity index (χ0) is 26.2. The van der Waals surface area contributed by atoms with Gasteiger partial charge in [-0.25, -0.2) is 18.1 Å². The van der Waals surface area contributed by atoms with Crippen molar-refractivity contribution in [3.8, 4) is 17.1 Å². The molecule has 37 heavy (non-hydrogen) atoms. The van der Waals surface area contributed by atoms with Crippen LogP contribution in [0.5, 0.6) is 5.88 Å². The van der Waals surface area contributed by atoms with Crippen LogP contribution in [0.3, 0.4) is 0 Å². The Kier molecular flexibility index (Phi) is 6.56. The number of ether oxygens (including phenoxy) is 2. The van der Waals surface area contributed by atoms with Gasteiger partial charge in [-0.1, -0.05) is 6.07 Å². The van der Waals surface area contributed by atoms with Crippen LogP contribution in [0.25, 0.3) is 22.2 Å². The first-order valence-electron chi connectivity index (χ1n) is 11.1. The van der Waals surface area contributed by atoms with Crippen LogP contribution >= 0.6 is 0 Å². The summed E-state index contributed by atoms with van der Waals surface area (Å²) in [6.07, 6.45) is 2.75. The fraction of sp³-hybridized carbons (Fsp3) is 0.250. The standard InChI is InChI=1S/C24H21F2N5O5S/c1-35-23-18(12-31(30-23)24(25)26)19-5-4-15-10-27-17(9-20(15)29-19)11-28-22(32)14-2-3-16-13-36-6-7-37(33,34)21(16)8-14/h2-5,8-10,12,24H,6-7,11,13H2,1H3,(H,28,32). The highest BCUT2D eigenvalue weighted by molar-refractivity contribution is 7.91. The molecule has 1 aromatic carbocycles. The van der Waals surface area contributed by atoms with E-state index >= 15 is 0 Å². The lowest BCUT2D eigenvalue weighted by atomic mass is 10.1. The van der Waals surface area contributed by atoms with E-state index in [1.165, 1.54) is 13.2 Å². The molecule has 1 aliphatic heterocycles. The van der Waals surface area contributed by atoms with Gasteiger partial charge >= 0.3 is 6.55 Å². The second kappa shape index (κ2) is 9.82. The molecule has 13 heteroatoms. The highest BCUT2D eigenvalue weighted by Crippen LogP contribution is 2.30. The van der Waals surface area contributed by atoms with Crippen molar-refractivity contribution in [1.82, 2.24) is 25.1 Å². The van der Waals surface area contributed by atoms with Gasteiger partial charge in [0.1, 0.15) is 0 Å². The summed E-state index contributed by atoms with van der Waals surface area (Å²) < 4.78 is 62.1. The number of amides is 1. The number of fused-ring (bicyclic) bond motifs is 2. The molecule has 1 N–H and O–H groups in total. The number of hydrogen-bond acceptors (Lipinski definition) is 8. The van der Waals surface area contributed by atoms with E-state index < -0.39 is 22.3 Å². The van der Waals surface area contributed by atoms with E-state index in [1.807, 2.05) is 0 Å². The summed E-state index contributed by atoms with van der Waals surface area (Å²) in [4.78, 5) is 21.7. The van der Waals surface area contributed by atoms with Gasteiger partial charge in [0.25, 0.3) is 5.91 Å². The zero-order valence-corrected chi connectivity index (χ0v) is 20.3. The van der Waals surface area contributed by atoms with Crippen molar-refractivity contribution in [2.45, 2.75) is 24.6 Å². The van der Waals surface area contributed by atoms with Crippen LogP contribution in [0.1, 0.15) is 28.2 Å². The highest BCUT2D eigenvalue weighted by Gasteiger charge is 2.24. The third-order valence-electron chi connectivity index (χ3n) is 5.85. The SMILES string of the molecule is COc1nn(C(F)F)cc1-c1ccc2cnc(CNC(=O)c3ccc4c(c3)S(=O)(=O)CCOC4)cc2n1. The second-order valence-corrected chi connectivity index (χ2v) is 10.3. The smallest absolute Gasteiger partial charge is 0.333 e. The Hall–Kier alpha value is -3.97. The number of halogens is 2. The highest BCUT2D eigenvalue weighted by atomic mass is 32.2. The van der Waals surface area contributed by atoms with Crippen molar-refractivity contribution >= 4 is 26.6 Å². The molecule has 0 saturated heterocycles. The van der Waals surface area contributed by atoms with Gasteiger partial charge in [0.2, 0.25) is 5.88 Å². The van der Waals surface area contributed by atoms with Crippen LogP contribution in [0.15, 0.2) is 53.7 Å². The molecule has 0 saturated carbocycles. The number of hydrogen-bond donors (Lipinski definition) is 1. The summed E-state index contributed by atoms with van der Waals surface area (Å²) in [5.41, 5.74) is 2.43. The second-order valence-electron chi connectivity index (χ2n) is 8.25. The van der Waals surface area contributed by atoms with Crippen LogP contribution in [-0.4, -0.2) is 53.5 Å². The quantitative estimate of drug-likeness (QED) is 0.404. The molecule has 0 radical (unpaired) electrons. The van der Waals surface area contributed by atoms with E-state index in [0.29, 0.717) is 38.1 Å². The maximum Gasteiger partial charge on any atom is 0.333 e. The van der Waals surface area contributed by atoms with Crippen LogP contribution in [0, 0.1) is 0 Å². The Morgan fingerprint density at radius 1 is 1.24 bits per heavy atom. The third kappa shape index (κ3) is 5.00. The number of alkyl halides is 2. The molecular formula is C24H21F2N5O5S. The Labute approximate surface area is 210 Å². The lowest BCUT2D eigenvalue weighted by molar-refractivity contribution is 0.0554. The Bertz CT molecular complexity index is 1610. The van der Waals surface area contributed by atoms with Gasteiger partial charge in [-0.15, -0.1) is 5.10 Å². The van der Waals surface area contributed by atoms with Gasteiger partial charge < -0.3 is 14.8 Å². The number of carbonyl (C=O) groups is 1. The normalized spacial score (nSPS) is 14.8. The Balaban J connectivity index is 1.37. The number of nitrogens with one attached hydrogen (secondary N) is 1. The minimum Gasteiger partial charge on any atom is -0.479 e. The van der Waals surface area contributed by atoms with Gasteiger partial charge in [0.05, 0.1) is 60.0 Å². The largest absolute Gasteiger partial charge is 0.479 e. The maximum absolute atomic E-state index is 13.1. The molecule has 0 unspecified atom stereocenters. The van der Waals surface area contributed by atoms with Gasteiger partial charge in [0, 0.05) is 23.3 Å². The van der Waals surface area contributed by atoms with E-state index in [1.54, 1.807) is 36.5 Å². The van der Waals surface area contributed by atoms with Crippen LogP contribution < -0.4 is 10.1 Å². The number of aromatic nitrogens is 4. The minimum atomic E-state index is -3.54. The summed E-state index contributed by atoms with van der Waals surface area (Å²) in [6.45, 7) is -2.50. The fourth-order valence-electron chi connectivity index (χ4n) is 3.94. The molecule has 0 aliphatic carbocycles. The molecule has 4 aromatic rings. The number of methoxy groups -OCH3 is 1. The first-order chi connectivity index (χ1) is 17.7. The van der Waals surface area contributed by atoms with Crippen LogP contribution in [0.4, 0.5) is 8.78 Å². The van der Waals surface area contributed by atoms with E-state index in [2.05, 4.69) is 20.4 Å². The average Bonchev–Trinajstić information content (AvgIpc) is 3.28. The van der Waals surface area contributed by atoms with Crippen molar-refractivity contribution < 1.29 is 31.5 Å². The number of carbonyl (C=O) groups excluding carboxylic acids is 1. The number of pyridine rings is 2. The van der Waals surface area contributed by atoms with E-state index in [9.17, 15) is 22.0 Å². The monoisotopic (exact) mass is 529 g/mol. The molecule has 0 bridgehead atoms. The lowest BCUT2D eigenvalue weighted by Gasteiger charge is -2.10. The van der Waals surface area contributed by atoms with Crippen molar-refractivity contribution in [2.24, 2.45) is 0 Å². The predicted octanol–water partition coefficient (Wildman–Crippen LogP) is 3.13. The van der Waals surface area contributed by atoms with E-state index in [-0.39, 0.29) is 41.9 Å². The fourth-order valence-corrected chi connectivity index (χ4v) is 5.33. The predicted molar refractivity (Wildman–Crippen MR) is 128 cm³/mol. The molecule has 4 heterocycles. The van der Waals surface area contributed by atoms with E-state index in [4.69, 9.17) is 9.47 Å². The molecule has 3 aromatic heterocycles. The molecule has 0 spiro atoms. The molecular weight excluding hydrogens is 508 g/mol. The maximum atomic E-state index is 13.1. The number of benzene rings is 1. The lowest BCUT2D eigenvalue weighted by Crippen LogP contribution is -2.23. The van der Waals surface area contributed by atoms with Gasteiger partial charge in [0.15, 0.2) is 9.84 Å². The average molecular weight is 530 g/mol. The summed E-state index contributed by atoms with van der Waals surface area (Å²) in [5, 5.41) is 7.16. The molecule has 0 atom stereocenters. The summed E-state index contributed by atoms with van der Waals surface area (Å²) in [5.74, 6) is -0.588. The van der Waals surface area contributed by atoms with Crippen molar-refractivity contribution in [1.29, 1.82) is 0 Å². The van der Waals surface area contributed by atoms with Crippen LogP contribution in [0.2, 0.25) is 0 Å². The van der Waals surface area contributed by atoms with Gasteiger partial charge in [-0.2, -0.15) is 8.78 Å². The third-order valence-corrected chi connectivity index (χ3v) is 7.60. The molecule has 5 rings (SSSR count). The number of sulfone groups is 1. The van der Waals surface area contributed by atoms with Crippen molar-refractivity contribution in [2.75, 3.05) is 19.5 Å². The van der Waals surface area contributed by atoms with Gasteiger partial charge in [-0.3, -0.25) is 9.78 Å². The van der Waals surface area contributed by atoms with Crippen molar-refractivity contribution in [3.05, 3.63) is 65.6 Å². The number of rotatable bonds is 6. The Morgan fingerprint density at radius 2 is 2.08 bits per heavy atom. The molecule has 1 aliphatic rings. The topological polar surface area (TPSA) is 125 Å². The van der Waals surface area contributed by atoms with Crippen molar-refractivity contribution in [3.63, 3.8) is 0 Å². The first kappa shape index (κ1) is 24.7. The Morgan fingerprint density at radius 3 is 2.86 bits per heavy atom. The van der Waals surface area contributed by atoms with Gasteiger partial charge in [-0.05, 0) is 35.9 Å². The first-order valence-corrected chi connectivity index (χ1v) is 12.8. The number of nitrogens with zero attached hydrogens (tertiary/aromatic N) is 4.